The lowest BCUT2D eigenvalue weighted by Crippen LogP contribution is -2.06. The van der Waals surface area contributed by atoms with Crippen molar-refractivity contribution in [1.29, 1.82) is 0 Å². The summed E-state index contributed by atoms with van der Waals surface area (Å²) in [5.41, 5.74) is 2.34. The van der Waals surface area contributed by atoms with E-state index in [4.69, 9.17) is 0 Å². The maximum atomic E-state index is 14.0. The zero-order valence-corrected chi connectivity index (χ0v) is 15.5. The number of nitrogens with zero attached hydrogens (tertiary/aromatic N) is 5. The van der Waals surface area contributed by atoms with Gasteiger partial charge in [0.05, 0.1) is 11.1 Å². The summed E-state index contributed by atoms with van der Waals surface area (Å²) in [5, 5.41) is 7.68. The molecule has 2 N–H and O–H groups in total. The van der Waals surface area contributed by atoms with Gasteiger partial charge in [-0.1, -0.05) is 6.92 Å². The molecule has 0 unspecified atom stereocenters. The zero-order chi connectivity index (χ0) is 20.4. The Kier molecular flexibility index (Phi) is 5.15. The molecule has 0 spiro atoms. The van der Waals surface area contributed by atoms with Crippen LogP contribution >= 0.6 is 0 Å². The van der Waals surface area contributed by atoms with Crippen molar-refractivity contribution in [3.05, 3.63) is 42.7 Å². The van der Waals surface area contributed by atoms with E-state index in [-0.39, 0.29) is 0 Å². The third-order valence-electron chi connectivity index (χ3n) is 4.31. The van der Waals surface area contributed by atoms with Gasteiger partial charge in [0.2, 0.25) is 5.95 Å². The number of alkyl halides is 2. The van der Waals surface area contributed by atoms with Crippen molar-refractivity contribution in [1.82, 2.24) is 29.7 Å². The Morgan fingerprint density at radius 2 is 2.14 bits per heavy atom. The quantitative estimate of drug-likeness (QED) is 0.487. The summed E-state index contributed by atoms with van der Waals surface area (Å²) >= 11 is 0. The van der Waals surface area contributed by atoms with E-state index in [1.807, 2.05) is 6.92 Å². The molecule has 0 amide bonds. The van der Waals surface area contributed by atoms with Crippen LogP contribution in [0.3, 0.4) is 0 Å². The molecule has 0 atom stereocenters. The van der Waals surface area contributed by atoms with Gasteiger partial charge in [-0.15, -0.1) is 0 Å². The molecular formula is C19H18F3N7. The average Bonchev–Trinajstić information content (AvgIpc) is 3.29. The molecule has 4 rings (SSSR count). The van der Waals surface area contributed by atoms with Gasteiger partial charge in [0.25, 0.3) is 6.43 Å². The van der Waals surface area contributed by atoms with Gasteiger partial charge in [-0.05, 0) is 18.6 Å². The summed E-state index contributed by atoms with van der Waals surface area (Å²) < 4.78 is 41.0. The van der Waals surface area contributed by atoms with Crippen LogP contribution < -0.4 is 5.32 Å². The van der Waals surface area contributed by atoms with Gasteiger partial charge < -0.3 is 10.3 Å². The molecule has 0 aromatic carbocycles. The van der Waals surface area contributed by atoms with Crippen LogP contribution in [-0.2, 0) is 6.54 Å². The highest BCUT2D eigenvalue weighted by Gasteiger charge is 2.18. The second-order valence-electron chi connectivity index (χ2n) is 6.45. The van der Waals surface area contributed by atoms with E-state index < -0.39 is 18.8 Å². The van der Waals surface area contributed by atoms with Crippen LogP contribution in [0.2, 0.25) is 0 Å². The van der Waals surface area contributed by atoms with Crippen molar-refractivity contribution in [2.24, 2.45) is 0 Å². The molecule has 0 radical (unpaired) electrons. The van der Waals surface area contributed by atoms with E-state index in [1.54, 1.807) is 18.3 Å². The number of anilines is 1. The van der Waals surface area contributed by atoms with Crippen LogP contribution in [0.25, 0.3) is 33.5 Å². The Balaban J connectivity index is 1.82. The van der Waals surface area contributed by atoms with Gasteiger partial charge in [-0.3, -0.25) is 4.68 Å². The highest BCUT2D eigenvalue weighted by Crippen LogP contribution is 2.32. The molecule has 4 aromatic heterocycles. The van der Waals surface area contributed by atoms with Crippen LogP contribution in [0.15, 0.2) is 36.9 Å². The van der Waals surface area contributed by atoms with E-state index in [0.29, 0.717) is 46.0 Å². The molecule has 0 saturated heterocycles. The summed E-state index contributed by atoms with van der Waals surface area (Å²) in [6.45, 7) is 2.16. The largest absolute Gasteiger partial charge is 0.354 e. The minimum absolute atomic E-state index is 0.296. The summed E-state index contributed by atoms with van der Waals surface area (Å²) in [4.78, 5) is 15.6. The zero-order valence-electron chi connectivity index (χ0n) is 15.5. The first-order valence-corrected chi connectivity index (χ1v) is 9.11. The number of halogens is 3. The fourth-order valence-corrected chi connectivity index (χ4v) is 2.99. The number of rotatable bonds is 7. The molecule has 0 bridgehead atoms. The van der Waals surface area contributed by atoms with Crippen molar-refractivity contribution >= 4 is 17.0 Å². The standard InChI is InChI=1S/C19H18F3N7/c1-2-4-23-19-24-5-3-15(27-19)13-9-29(10-16(21)22)28-17(13)11-6-12-14(20)8-26-18(12)25-7-11/h3,5-9,16H,2,4,10H2,1H3,(H,25,26)(H,23,24,27). The van der Waals surface area contributed by atoms with E-state index in [0.717, 1.165) is 11.1 Å². The van der Waals surface area contributed by atoms with Gasteiger partial charge >= 0.3 is 0 Å². The van der Waals surface area contributed by atoms with Gasteiger partial charge in [0.1, 0.15) is 23.7 Å². The predicted molar refractivity (Wildman–Crippen MR) is 103 cm³/mol. The number of pyridine rings is 1. The van der Waals surface area contributed by atoms with Gasteiger partial charge in [0.15, 0.2) is 0 Å². The summed E-state index contributed by atoms with van der Waals surface area (Å²) in [7, 11) is 0. The molecule has 4 heterocycles. The van der Waals surface area contributed by atoms with Gasteiger partial charge in [-0.25, -0.2) is 28.1 Å². The molecule has 4 aromatic rings. The molecule has 0 saturated carbocycles. The second kappa shape index (κ2) is 7.90. The minimum atomic E-state index is -2.56. The number of H-pyrrole nitrogens is 1. The van der Waals surface area contributed by atoms with Crippen LogP contribution in [0, 0.1) is 5.82 Å². The minimum Gasteiger partial charge on any atom is -0.354 e. The molecule has 7 nitrogen and oxygen atoms in total. The van der Waals surface area contributed by atoms with Crippen LogP contribution in [0.5, 0.6) is 0 Å². The summed E-state index contributed by atoms with van der Waals surface area (Å²) in [6, 6.07) is 3.26. The lowest BCUT2D eigenvalue weighted by atomic mass is 10.1. The van der Waals surface area contributed by atoms with Gasteiger partial charge in [-0.2, -0.15) is 5.10 Å². The first-order valence-electron chi connectivity index (χ1n) is 9.11. The fourth-order valence-electron chi connectivity index (χ4n) is 2.99. The second-order valence-corrected chi connectivity index (χ2v) is 6.45. The van der Waals surface area contributed by atoms with Crippen LogP contribution in [0.1, 0.15) is 13.3 Å². The van der Waals surface area contributed by atoms with Crippen LogP contribution in [-0.4, -0.2) is 42.7 Å². The Morgan fingerprint density at radius 1 is 1.28 bits per heavy atom. The Bertz CT molecular complexity index is 1140. The lowest BCUT2D eigenvalue weighted by Gasteiger charge is -2.06. The normalized spacial score (nSPS) is 11.5. The number of fused-ring (bicyclic) bond motifs is 1. The van der Waals surface area contributed by atoms with E-state index in [2.05, 4.69) is 30.4 Å². The highest BCUT2D eigenvalue weighted by atomic mass is 19.3. The molecule has 29 heavy (non-hydrogen) atoms. The maximum Gasteiger partial charge on any atom is 0.257 e. The average molecular weight is 401 g/mol. The molecule has 0 fully saturated rings. The van der Waals surface area contributed by atoms with Crippen molar-refractivity contribution in [2.75, 3.05) is 11.9 Å². The lowest BCUT2D eigenvalue weighted by molar-refractivity contribution is 0.122. The van der Waals surface area contributed by atoms with Gasteiger partial charge in [0, 0.05) is 42.5 Å². The number of hydrogen-bond acceptors (Lipinski definition) is 5. The number of aromatic amines is 1. The first kappa shape index (κ1) is 18.9. The van der Waals surface area contributed by atoms with Crippen molar-refractivity contribution in [2.45, 2.75) is 26.3 Å². The van der Waals surface area contributed by atoms with E-state index >= 15 is 0 Å². The smallest absolute Gasteiger partial charge is 0.257 e. The molecule has 10 heteroatoms. The third-order valence-corrected chi connectivity index (χ3v) is 4.31. The molecule has 0 aliphatic rings. The van der Waals surface area contributed by atoms with E-state index in [9.17, 15) is 13.2 Å². The topological polar surface area (TPSA) is 84.3 Å². The Labute approximate surface area is 164 Å². The summed E-state index contributed by atoms with van der Waals surface area (Å²) in [6.07, 6.45) is 4.17. The fraction of sp³-hybridized carbons (Fsp3) is 0.263. The number of nitrogens with one attached hydrogen (secondary N) is 2. The van der Waals surface area contributed by atoms with E-state index in [1.165, 1.54) is 18.6 Å². The SMILES string of the molecule is CCCNc1nccc(-c2cn(CC(F)F)nc2-c2cnc3[nH]cc(F)c3c2)n1. The predicted octanol–water partition coefficient (Wildman–Crippen LogP) is 4.11. The van der Waals surface area contributed by atoms with Crippen LogP contribution in [0.4, 0.5) is 19.1 Å². The molecular weight excluding hydrogens is 383 g/mol. The van der Waals surface area contributed by atoms with Crippen molar-refractivity contribution < 1.29 is 13.2 Å². The third kappa shape index (κ3) is 3.91. The number of hydrogen-bond donors (Lipinski definition) is 2. The van der Waals surface area contributed by atoms with Crippen molar-refractivity contribution in [3.8, 4) is 22.5 Å². The summed E-state index contributed by atoms with van der Waals surface area (Å²) in [5.74, 6) is -0.0156. The number of aromatic nitrogens is 6. The highest BCUT2D eigenvalue weighted by molar-refractivity contribution is 5.85. The molecule has 150 valence electrons. The Morgan fingerprint density at radius 3 is 2.93 bits per heavy atom. The van der Waals surface area contributed by atoms with Crippen molar-refractivity contribution in [3.63, 3.8) is 0 Å². The monoisotopic (exact) mass is 401 g/mol. The Hall–Kier alpha value is -3.43. The first-order chi connectivity index (χ1) is 14.0. The molecule has 0 aliphatic carbocycles. The maximum absolute atomic E-state index is 14.0. The molecule has 0 aliphatic heterocycles.